The van der Waals surface area contributed by atoms with Gasteiger partial charge < -0.3 is 24.6 Å². The second-order valence-corrected chi connectivity index (χ2v) is 10.9. The summed E-state index contributed by atoms with van der Waals surface area (Å²) in [4.78, 5) is 14.9. The van der Waals surface area contributed by atoms with Crippen molar-refractivity contribution in [3.8, 4) is 0 Å². The molecule has 2 aliphatic heterocycles. The van der Waals surface area contributed by atoms with Crippen LogP contribution in [0.5, 0.6) is 0 Å². The molecule has 0 aromatic heterocycles. The first-order valence-electron chi connectivity index (χ1n) is 14.2. The Balaban J connectivity index is 1.31. The zero-order valence-corrected chi connectivity index (χ0v) is 23.4. The van der Waals surface area contributed by atoms with E-state index in [0.29, 0.717) is 18.2 Å². The first kappa shape index (κ1) is 28.5. The first-order valence-corrected chi connectivity index (χ1v) is 14.2. The molecule has 0 saturated carbocycles. The molecule has 40 heavy (non-hydrogen) atoms. The topological polar surface area (TPSA) is 80.3 Å². The minimum atomic E-state index is -0.514. The highest BCUT2D eigenvalue weighted by Gasteiger charge is 2.40. The molecule has 2 saturated heterocycles. The average Bonchev–Trinajstić information content (AvgIpc) is 3.44. The smallest absolute Gasteiger partial charge is 0.251 e. The molecule has 0 aliphatic carbocycles. The molecule has 0 radical (unpaired) electrons. The number of benzene rings is 3. The molecule has 3 aromatic carbocycles. The van der Waals surface area contributed by atoms with Crippen molar-refractivity contribution in [3.63, 3.8) is 0 Å². The Morgan fingerprint density at radius 3 is 2.38 bits per heavy atom. The summed E-state index contributed by atoms with van der Waals surface area (Å²) in [6, 6.07) is 25.7. The molecular weight excluding hydrogens is 504 g/mol. The normalized spacial score (nSPS) is 25.1. The van der Waals surface area contributed by atoms with Gasteiger partial charge in [-0.15, -0.1) is 0 Å². The molecule has 2 aliphatic rings. The molecule has 5 rings (SSSR count). The molecule has 2 N–H and O–H groups in total. The second-order valence-electron chi connectivity index (χ2n) is 10.9. The zero-order chi connectivity index (χ0) is 27.9. The molecule has 1 amide bonds. The molecule has 0 unspecified atom stereocenters. The van der Waals surface area contributed by atoms with E-state index < -0.39 is 6.29 Å². The van der Waals surface area contributed by atoms with Crippen molar-refractivity contribution in [2.75, 3.05) is 26.8 Å². The van der Waals surface area contributed by atoms with Crippen LogP contribution in [0, 0.1) is 5.92 Å². The van der Waals surface area contributed by atoms with E-state index in [1.807, 2.05) is 66.7 Å². The van der Waals surface area contributed by atoms with E-state index in [9.17, 15) is 9.90 Å². The van der Waals surface area contributed by atoms with Crippen LogP contribution in [0.25, 0.3) is 0 Å². The summed E-state index contributed by atoms with van der Waals surface area (Å²) in [5.74, 6) is 0.0386. The van der Waals surface area contributed by atoms with E-state index in [1.165, 1.54) is 6.42 Å². The van der Waals surface area contributed by atoms with Crippen LogP contribution in [0.3, 0.4) is 0 Å². The maximum Gasteiger partial charge on any atom is 0.251 e. The van der Waals surface area contributed by atoms with Crippen LogP contribution in [0.2, 0.25) is 0 Å². The van der Waals surface area contributed by atoms with Crippen molar-refractivity contribution in [2.45, 2.75) is 57.5 Å². The van der Waals surface area contributed by atoms with Crippen molar-refractivity contribution < 1.29 is 24.1 Å². The predicted molar refractivity (Wildman–Crippen MR) is 153 cm³/mol. The van der Waals surface area contributed by atoms with Gasteiger partial charge in [-0.05, 0) is 48.2 Å². The number of carbonyl (C=O) groups is 1. The number of aliphatic hydroxyl groups excluding tert-OH is 1. The van der Waals surface area contributed by atoms with Crippen LogP contribution in [0.4, 0.5) is 0 Å². The minimum Gasteiger partial charge on any atom is -0.392 e. The van der Waals surface area contributed by atoms with Crippen LogP contribution >= 0.6 is 0 Å². The lowest BCUT2D eigenvalue weighted by molar-refractivity contribution is -0.276. The van der Waals surface area contributed by atoms with Crippen LogP contribution < -0.4 is 5.32 Å². The van der Waals surface area contributed by atoms with Crippen molar-refractivity contribution in [2.24, 2.45) is 5.92 Å². The third-order valence-electron chi connectivity index (χ3n) is 8.14. The Morgan fingerprint density at radius 2 is 1.68 bits per heavy atom. The lowest BCUT2D eigenvalue weighted by atomic mass is 9.90. The van der Waals surface area contributed by atoms with Gasteiger partial charge in [0, 0.05) is 43.3 Å². The number of amides is 1. The molecular formula is C33H40N2O5. The van der Waals surface area contributed by atoms with Crippen LogP contribution in [-0.4, -0.2) is 54.9 Å². The van der Waals surface area contributed by atoms with Gasteiger partial charge in [0.1, 0.15) is 0 Å². The highest BCUT2D eigenvalue weighted by Crippen LogP contribution is 2.42. The van der Waals surface area contributed by atoms with Crippen molar-refractivity contribution in [1.82, 2.24) is 10.2 Å². The zero-order valence-electron chi connectivity index (χ0n) is 23.4. The second kappa shape index (κ2) is 13.5. The van der Waals surface area contributed by atoms with Gasteiger partial charge in [-0.25, -0.2) is 0 Å². The third-order valence-corrected chi connectivity index (χ3v) is 8.14. The summed E-state index contributed by atoms with van der Waals surface area (Å²) in [5, 5.41) is 12.5. The number of rotatable bonds is 10. The summed E-state index contributed by atoms with van der Waals surface area (Å²) >= 11 is 0. The maximum absolute atomic E-state index is 12.4. The number of hydrogen-bond acceptors (Lipinski definition) is 6. The molecule has 2 fully saturated rings. The largest absolute Gasteiger partial charge is 0.392 e. The Hall–Kier alpha value is -3.07. The van der Waals surface area contributed by atoms with Gasteiger partial charge in [-0.3, -0.25) is 9.69 Å². The maximum atomic E-state index is 12.4. The molecule has 3 aromatic rings. The number of methoxy groups -OCH3 is 1. The number of likely N-dealkylation sites (tertiary alicyclic amines) is 1. The lowest BCUT2D eigenvalue weighted by Crippen LogP contribution is -2.46. The predicted octanol–water partition coefficient (Wildman–Crippen LogP) is 5.01. The summed E-state index contributed by atoms with van der Waals surface area (Å²) in [7, 11) is 1.77. The molecule has 2 heterocycles. The molecule has 0 spiro atoms. The minimum absolute atomic E-state index is 0.0176. The fourth-order valence-electron chi connectivity index (χ4n) is 5.74. The summed E-state index contributed by atoms with van der Waals surface area (Å²) in [5.41, 5.74) is 4.56. The number of ether oxygens (including phenoxy) is 3. The van der Waals surface area contributed by atoms with Gasteiger partial charge in [0.15, 0.2) is 6.29 Å². The Labute approximate surface area is 237 Å². The molecule has 7 nitrogen and oxygen atoms in total. The van der Waals surface area contributed by atoms with Crippen molar-refractivity contribution in [3.05, 3.63) is 107 Å². The Kier molecular flexibility index (Phi) is 9.62. The standard InChI is InChI=1S/C33H40N2O5/c1-23-30(20-35-18-6-9-29(35)22-38-2)39-33(40-31(23)26-14-12-25(21-36)13-15-26)28-16-10-24(11-17-28)19-34-32(37)27-7-4-3-5-8-27/h3-5,7-8,10-17,23,29-31,33,36H,6,9,18-22H2,1-2H3,(H,34,37)/t23-,29-,30+,31+,33+/m0/s1. The third kappa shape index (κ3) is 6.79. The van der Waals surface area contributed by atoms with Crippen LogP contribution in [0.15, 0.2) is 78.9 Å². The Bertz CT molecular complexity index is 1220. The molecule has 7 heteroatoms. The molecule has 212 valence electrons. The van der Waals surface area contributed by atoms with E-state index in [0.717, 1.165) is 48.4 Å². The van der Waals surface area contributed by atoms with E-state index in [1.54, 1.807) is 19.2 Å². The van der Waals surface area contributed by atoms with Gasteiger partial charge in [-0.1, -0.05) is 73.7 Å². The average molecular weight is 545 g/mol. The fraction of sp³-hybridized carbons (Fsp3) is 0.424. The number of hydrogen-bond donors (Lipinski definition) is 2. The van der Waals surface area contributed by atoms with Gasteiger partial charge in [0.05, 0.1) is 25.4 Å². The highest BCUT2D eigenvalue weighted by molar-refractivity contribution is 5.94. The first-order chi connectivity index (χ1) is 19.6. The van der Waals surface area contributed by atoms with E-state index in [4.69, 9.17) is 14.2 Å². The van der Waals surface area contributed by atoms with Crippen molar-refractivity contribution in [1.29, 1.82) is 0 Å². The quantitative estimate of drug-likeness (QED) is 0.374. The van der Waals surface area contributed by atoms with Crippen LogP contribution in [0.1, 0.15) is 64.8 Å². The number of nitrogens with zero attached hydrogens (tertiary/aromatic N) is 1. The van der Waals surface area contributed by atoms with Crippen molar-refractivity contribution >= 4 is 5.91 Å². The number of carbonyl (C=O) groups excluding carboxylic acids is 1. The lowest BCUT2D eigenvalue weighted by Gasteiger charge is -2.43. The highest BCUT2D eigenvalue weighted by atomic mass is 16.7. The summed E-state index contributed by atoms with van der Waals surface area (Å²) in [6.45, 7) is 5.26. The van der Waals surface area contributed by atoms with Crippen LogP contribution in [-0.2, 0) is 27.4 Å². The fourth-order valence-corrected chi connectivity index (χ4v) is 5.74. The summed E-state index contributed by atoms with van der Waals surface area (Å²) < 4.78 is 18.8. The van der Waals surface area contributed by atoms with E-state index >= 15 is 0 Å². The Morgan fingerprint density at radius 1 is 0.975 bits per heavy atom. The van der Waals surface area contributed by atoms with Gasteiger partial charge in [0.2, 0.25) is 0 Å². The van der Waals surface area contributed by atoms with Gasteiger partial charge in [0.25, 0.3) is 5.91 Å². The van der Waals surface area contributed by atoms with Gasteiger partial charge >= 0.3 is 0 Å². The molecule has 0 bridgehead atoms. The number of nitrogens with one attached hydrogen (secondary N) is 1. The van der Waals surface area contributed by atoms with E-state index in [-0.39, 0.29) is 30.6 Å². The SMILES string of the molecule is COC[C@@H]1CCCN1C[C@H]1O[C@@H](c2ccc(CNC(=O)c3ccccc3)cc2)O[C@@H](c2ccc(CO)cc2)[C@H]1C. The van der Waals surface area contributed by atoms with E-state index in [2.05, 4.69) is 17.1 Å². The number of aliphatic hydroxyl groups is 1. The molecule has 5 atom stereocenters. The summed E-state index contributed by atoms with van der Waals surface area (Å²) in [6.07, 6.45) is 1.63. The van der Waals surface area contributed by atoms with Gasteiger partial charge in [-0.2, -0.15) is 0 Å². The monoisotopic (exact) mass is 544 g/mol.